The molecule has 1 aliphatic heterocycles. The summed E-state index contributed by atoms with van der Waals surface area (Å²) in [6.45, 7) is 1.05. The topological polar surface area (TPSA) is 41.5 Å². The number of methoxy groups -OCH3 is 1. The average Bonchev–Trinajstić information content (AvgIpc) is 2.70. The molecular formula is C11H15NO2. The maximum atomic E-state index is 9.60. The summed E-state index contributed by atoms with van der Waals surface area (Å²) in [5.41, 5.74) is 1.06. The standard InChI is InChI=1S/C11H15NO2/c1-14-11-8(4-2-6-10(11)13)9-5-3-7-12-9/h2,4,6,9,12-13H,3,5,7H2,1H3/t9-/m1/s1. The largest absolute Gasteiger partial charge is 0.504 e. The zero-order valence-electron chi connectivity index (χ0n) is 8.29. The van der Waals surface area contributed by atoms with Crippen molar-refractivity contribution in [3.05, 3.63) is 23.8 Å². The first kappa shape index (κ1) is 9.34. The van der Waals surface area contributed by atoms with Crippen LogP contribution in [-0.4, -0.2) is 18.8 Å². The molecule has 14 heavy (non-hydrogen) atoms. The van der Waals surface area contributed by atoms with Crippen molar-refractivity contribution in [2.24, 2.45) is 0 Å². The fraction of sp³-hybridized carbons (Fsp3) is 0.455. The predicted octanol–water partition coefficient (Wildman–Crippen LogP) is 1.83. The van der Waals surface area contributed by atoms with Crippen LogP contribution < -0.4 is 10.1 Å². The lowest BCUT2D eigenvalue weighted by Gasteiger charge is -2.15. The molecule has 1 fully saturated rings. The second-order valence-corrected chi connectivity index (χ2v) is 3.55. The molecule has 2 rings (SSSR count). The molecule has 2 N–H and O–H groups in total. The summed E-state index contributed by atoms with van der Waals surface area (Å²) in [5, 5.41) is 13.0. The van der Waals surface area contributed by atoms with E-state index in [0.717, 1.165) is 18.5 Å². The van der Waals surface area contributed by atoms with Crippen molar-refractivity contribution in [1.82, 2.24) is 5.32 Å². The Kier molecular flexibility index (Phi) is 2.59. The number of phenols is 1. The van der Waals surface area contributed by atoms with Crippen LogP contribution in [0, 0.1) is 0 Å². The van der Waals surface area contributed by atoms with Crippen LogP contribution in [0.3, 0.4) is 0 Å². The van der Waals surface area contributed by atoms with Gasteiger partial charge in [0.15, 0.2) is 11.5 Å². The van der Waals surface area contributed by atoms with Crippen molar-refractivity contribution in [2.75, 3.05) is 13.7 Å². The Hall–Kier alpha value is -1.22. The van der Waals surface area contributed by atoms with Gasteiger partial charge < -0.3 is 15.2 Å². The van der Waals surface area contributed by atoms with Gasteiger partial charge >= 0.3 is 0 Å². The van der Waals surface area contributed by atoms with Crippen LogP contribution in [0.4, 0.5) is 0 Å². The zero-order valence-corrected chi connectivity index (χ0v) is 8.29. The Morgan fingerprint density at radius 3 is 3.00 bits per heavy atom. The van der Waals surface area contributed by atoms with E-state index in [1.54, 1.807) is 13.2 Å². The Morgan fingerprint density at radius 2 is 2.36 bits per heavy atom. The SMILES string of the molecule is COc1c(O)cccc1[C@H]1CCCN1. The van der Waals surface area contributed by atoms with Crippen molar-refractivity contribution >= 4 is 0 Å². The summed E-state index contributed by atoms with van der Waals surface area (Å²) >= 11 is 0. The van der Waals surface area contributed by atoms with E-state index in [2.05, 4.69) is 5.32 Å². The normalized spacial score (nSPS) is 21.1. The maximum Gasteiger partial charge on any atom is 0.165 e. The minimum atomic E-state index is 0.221. The van der Waals surface area contributed by atoms with E-state index in [1.165, 1.54) is 6.42 Å². The van der Waals surface area contributed by atoms with Gasteiger partial charge in [0.05, 0.1) is 7.11 Å². The lowest BCUT2D eigenvalue weighted by molar-refractivity contribution is 0.364. The van der Waals surface area contributed by atoms with Crippen molar-refractivity contribution in [2.45, 2.75) is 18.9 Å². The molecule has 0 bridgehead atoms. The second kappa shape index (κ2) is 3.88. The van der Waals surface area contributed by atoms with Crippen molar-refractivity contribution in [1.29, 1.82) is 0 Å². The fourth-order valence-electron chi connectivity index (χ4n) is 1.99. The number of hydrogen-bond acceptors (Lipinski definition) is 3. The Bertz CT molecular complexity index is 319. The van der Waals surface area contributed by atoms with Gasteiger partial charge in [-0.05, 0) is 25.5 Å². The fourth-order valence-corrected chi connectivity index (χ4v) is 1.99. The molecule has 0 aliphatic carbocycles. The number of phenolic OH excluding ortho intramolecular Hbond substituents is 1. The van der Waals surface area contributed by atoms with Gasteiger partial charge in [-0.15, -0.1) is 0 Å². The third kappa shape index (κ3) is 1.55. The first-order chi connectivity index (χ1) is 6.83. The number of aromatic hydroxyl groups is 1. The molecule has 3 nitrogen and oxygen atoms in total. The molecule has 0 amide bonds. The van der Waals surface area contributed by atoms with Crippen molar-refractivity contribution in [3.63, 3.8) is 0 Å². The minimum absolute atomic E-state index is 0.221. The van der Waals surface area contributed by atoms with Crippen LogP contribution in [0.15, 0.2) is 18.2 Å². The van der Waals surface area contributed by atoms with Gasteiger partial charge in [0.25, 0.3) is 0 Å². The summed E-state index contributed by atoms with van der Waals surface area (Å²) in [6, 6.07) is 5.84. The van der Waals surface area contributed by atoms with Crippen molar-refractivity contribution < 1.29 is 9.84 Å². The highest BCUT2D eigenvalue weighted by atomic mass is 16.5. The molecule has 76 valence electrons. The molecule has 1 aromatic rings. The van der Waals surface area contributed by atoms with E-state index in [0.29, 0.717) is 11.8 Å². The van der Waals surface area contributed by atoms with E-state index < -0.39 is 0 Å². The van der Waals surface area contributed by atoms with E-state index in [-0.39, 0.29) is 5.75 Å². The third-order valence-corrected chi connectivity index (χ3v) is 2.66. The molecule has 0 unspecified atom stereocenters. The highest BCUT2D eigenvalue weighted by Gasteiger charge is 2.21. The molecule has 1 atom stereocenters. The van der Waals surface area contributed by atoms with Gasteiger partial charge in [0.1, 0.15) is 0 Å². The van der Waals surface area contributed by atoms with Crippen LogP contribution in [0.25, 0.3) is 0 Å². The summed E-state index contributed by atoms with van der Waals surface area (Å²) in [7, 11) is 1.59. The van der Waals surface area contributed by atoms with E-state index in [1.807, 2.05) is 12.1 Å². The highest BCUT2D eigenvalue weighted by molar-refractivity contribution is 5.47. The third-order valence-electron chi connectivity index (χ3n) is 2.66. The first-order valence-corrected chi connectivity index (χ1v) is 4.92. The number of rotatable bonds is 2. The van der Waals surface area contributed by atoms with Crippen LogP contribution in [0.1, 0.15) is 24.4 Å². The molecule has 0 saturated carbocycles. The zero-order chi connectivity index (χ0) is 9.97. The van der Waals surface area contributed by atoms with Gasteiger partial charge in [0.2, 0.25) is 0 Å². The molecule has 1 heterocycles. The number of nitrogens with one attached hydrogen (secondary N) is 1. The molecule has 1 aliphatic rings. The Morgan fingerprint density at radius 1 is 1.50 bits per heavy atom. The maximum absolute atomic E-state index is 9.60. The van der Waals surface area contributed by atoms with Gasteiger partial charge in [-0.2, -0.15) is 0 Å². The van der Waals surface area contributed by atoms with E-state index in [4.69, 9.17) is 4.74 Å². The molecular weight excluding hydrogens is 178 g/mol. The Balaban J connectivity index is 2.35. The number of para-hydroxylation sites is 1. The van der Waals surface area contributed by atoms with E-state index >= 15 is 0 Å². The average molecular weight is 193 g/mol. The molecule has 1 saturated heterocycles. The lowest BCUT2D eigenvalue weighted by atomic mass is 10.0. The molecule has 0 aromatic heterocycles. The molecule has 1 aromatic carbocycles. The molecule has 0 spiro atoms. The molecule has 3 heteroatoms. The first-order valence-electron chi connectivity index (χ1n) is 4.92. The van der Waals surface area contributed by atoms with E-state index in [9.17, 15) is 5.11 Å². The van der Waals surface area contributed by atoms with Gasteiger partial charge in [-0.25, -0.2) is 0 Å². The number of hydrogen-bond donors (Lipinski definition) is 2. The predicted molar refractivity (Wildman–Crippen MR) is 54.6 cm³/mol. The summed E-state index contributed by atoms with van der Waals surface area (Å²) in [4.78, 5) is 0. The number of benzene rings is 1. The lowest BCUT2D eigenvalue weighted by Crippen LogP contribution is -2.13. The van der Waals surface area contributed by atoms with Crippen LogP contribution in [0.2, 0.25) is 0 Å². The Labute approximate surface area is 83.7 Å². The summed E-state index contributed by atoms with van der Waals surface area (Å²) in [5.74, 6) is 0.825. The van der Waals surface area contributed by atoms with Crippen LogP contribution in [0.5, 0.6) is 11.5 Å². The van der Waals surface area contributed by atoms with Crippen LogP contribution >= 0.6 is 0 Å². The monoisotopic (exact) mass is 193 g/mol. The van der Waals surface area contributed by atoms with Gasteiger partial charge in [-0.3, -0.25) is 0 Å². The summed E-state index contributed by atoms with van der Waals surface area (Å²) < 4.78 is 5.20. The van der Waals surface area contributed by atoms with Gasteiger partial charge in [0, 0.05) is 11.6 Å². The summed E-state index contributed by atoms with van der Waals surface area (Å²) in [6.07, 6.45) is 2.29. The quantitative estimate of drug-likeness (QED) is 0.752. The van der Waals surface area contributed by atoms with Gasteiger partial charge in [-0.1, -0.05) is 12.1 Å². The van der Waals surface area contributed by atoms with Crippen LogP contribution in [-0.2, 0) is 0 Å². The van der Waals surface area contributed by atoms with Crippen molar-refractivity contribution in [3.8, 4) is 11.5 Å². The minimum Gasteiger partial charge on any atom is -0.504 e. The smallest absolute Gasteiger partial charge is 0.165 e. The molecule has 0 radical (unpaired) electrons. The number of ether oxygens (including phenoxy) is 1. The highest BCUT2D eigenvalue weighted by Crippen LogP contribution is 2.36. The second-order valence-electron chi connectivity index (χ2n) is 3.55.